The van der Waals surface area contributed by atoms with Gasteiger partial charge in [0, 0.05) is 0 Å². The van der Waals surface area contributed by atoms with Crippen LogP contribution in [0, 0.1) is 0 Å². The van der Waals surface area contributed by atoms with Gasteiger partial charge in [-0.05, 0) is 6.08 Å². The summed E-state index contributed by atoms with van der Waals surface area (Å²) in [5.41, 5.74) is 0. The number of hydrogen-bond acceptors (Lipinski definition) is 2. The molecule has 0 aliphatic carbocycles. The first kappa shape index (κ1) is 34.2. The molecule has 0 saturated heterocycles. The second-order valence-corrected chi connectivity index (χ2v) is 7.89. The van der Waals surface area contributed by atoms with E-state index < -0.39 is 81.3 Å². The molecule has 0 amide bonds. The predicted octanol–water partition coefficient (Wildman–Crippen LogP) is 6.37. The summed E-state index contributed by atoms with van der Waals surface area (Å²) in [5, 5.41) is 0. The smallest absolute Gasteiger partial charge is 0.285 e. The van der Waals surface area contributed by atoms with Crippen LogP contribution in [0.2, 0.25) is 0 Å². The van der Waals surface area contributed by atoms with E-state index in [4.69, 9.17) is 4.55 Å². The lowest BCUT2D eigenvalue weighted by atomic mass is 9.87. The first-order chi connectivity index (χ1) is 15.1. The Morgan fingerprint density at radius 2 is 0.778 bits per heavy atom. The van der Waals surface area contributed by atoms with Crippen LogP contribution in [-0.2, 0) is 10.1 Å². The van der Waals surface area contributed by atoms with Crippen molar-refractivity contribution in [3.63, 3.8) is 0 Å². The number of allylic oxidation sites excluding steroid dienone is 1. The molecule has 3 nitrogen and oxygen atoms in total. The van der Waals surface area contributed by atoms with Gasteiger partial charge in [-0.2, -0.15) is 91.8 Å². The summed E-state index contributed by atoms with van der Waals surface area (Å²) in [6.07, 6.45) is -9.48. The van der Waals surface area contributed by atoms with Gasteiger partial charge in [-0.1, -0.05) is 0 Å². The van der Waals surface area contributed by atoms with Crippen LogP contribution in [0.25, 0.3) is 0 Å². The Kier molecular flexibility index (Phi) is 8.22. The highest BCUT2D eigenvalue weighted by molar-refractivity contribution is 7.85. The van der Waals surface area contributed by atoms with Gasteiger partial charge in [0.1, 0.15) is 0 Å². The molecule has 0 rings (SSSR count). The molecule has 1 N–H and O–H groups in total. The maximum Gasteiger partial charge on any atom is 0.460 e. The zero-order valence-corrected chi connectivity index (χ0v) is 16.3. The molecule has 0 spiro atoms. The van der Waals surface area contributed by atoms with Crippen molar-refractivity contribution in [1.82, 2.24) is 0 Å². The van der Waals surface area contributed by atoms with Crippen molar-refractivity contribution < 1.29 is 101 Å². The van der Waals surface area contributed by atoms with E-state index in [-0.39, 0.29) is 0 Å². The lowest BCUT2D eigenvalue weighted by Gasteiger charge is -2.43. The van der Waals surface area contributed by atoms with Crippen LogP contribution in [0.4, 0.5) is 87.8 Å². The molecule has 24 heteroatoms. The Hall–Kier alpha value is -1.75. The summed E-state index contributed by atoms with van der Waals surface area (Å²) in [4.78, 5) is 0. The molecular weight excluding hydrogens is 604 g/mol. The van der Waals surface area contributed by atoms with Gasteiger partial charge in [-0.25, -0.2) is 4.39 Å². The Bertz CT molecular complexity index is 959. The third kappa shape index (κ3) is 4.66. The fourth-order valence-corrected chi connectivity index (χ4v) is 2.17. The summed E-state index contributed by atoms with van der Waals surface area (Å²) >= 11 is 0. The summed E-state index contributed by atoms with van der Waals surface area (Å²) in [7, 11) is -5.67. The minimum atomic E-state index is -9.16. The average Bonchev–Trinajstić information content (AvgIpc) is 2.63. The van der Waals surface area contributed by atoms with E-state index >= 15 is 0 Å². The molecule has 0 atom stereocenters. The topological polar surface area (TPSA) is 54.4 Å². The molecule has 0 aromatic rings. The minimum Gasteiger partial charge on any atom is -0.285 e. The summed E-state index contributed by atoms with van der Waals surface area (Å²) in [6, 6.07) is 0. The Morgan fingerprint density at radius 3 is 1.03 bits per heavy atom. The highest BCUT2D eigenvalue weighted by Gasteiger charge is 2.96. The van der Waals surface area contributed by atoms with Gasteiger partial charge < -0.3 is 0 Å². The van der Waals surface area contributed by atoms with Gasteiger partial charge in [-0.15, -0.1) is 0 Å². The zero-order chi connectivity index (χ0) is 30.0. The Balaban J connectivity index is 7.00. The van der Waals surface area contributed by atoms with Gasteiger partial charge in [0.25, 0.3) is 10.1 Å². The molecule has 0 aromatic carbocycles. The van der Waals surface area contributed by atoms with Gasteiger partial charge in [0.2, 0.25) is 0 Å². The van der Waals surface area contributed by atoms with Crippen molar-refractivity contribution in [3.05, 3.63) is 11.9 Å². The molecule has 216 valence electrons. The third-order valence-corrected chi connectivity index (χ3v) is 4.48. The molecule has 0 unspecified atom stereocenters. The number of rotatable bonds is 10. The molecule has 0 aromatic heterocycles. The quantitative estimate of drug-likeness (QED) is 0.232. The van der Waals surface area contributed by atoms with Crippen molar-refractivity contribution in [1.29, 1.82) is 0 Å². The molecule has 0 radical (unpaired) electrons. The van der Waals surface area contributed by atoms with Gasteiger partial charge in [-0.3, -0.25) is 4.55 Å². The van der Waals surface area contributed by atoms with Gasteiger partial charge in [0.15, 0.2) is 5.83 Å². The van der Waals surface area contributed by atoms with E-state index in [9.17, 15) is 96.2 Å². The lowest BCUT2D eigenvalue weighted by molar-refractivity contribution is -0.467. The first-order valence-electron chi connectivity index (χ1n) is 7.53. The van der Waals surface area contributed by atoms with Crippen LogP contribution in [0.3, 0.4) is 0 Å². The average molecular weight is 608 g/mol. The largest absolute Gasteiger partial charge is 0.460 e. The van der Waals surface area contributed by atoms with Crippen LogP contribution in [0.15, 0.2) is 11.9 Å². The molecule has 0 fully saturated rings. The fraction of sp³-hybridized carbons (Fsp3) is 0.833. The van der Waals surface area contributed by atoms with E-state index in [1.165, 1.54) is 0 Å². The second-order valence-electron chi connectivity index (χ2n) is 6.39. The van der Waals surface area contributed by atoms with Crippen LogP contribution in [0.1, 0.15) is 0 Å². The predicted molar refractivity (Wildman–Crippen MR) is 71.2 cm³/mol. The van der Waals surface area contributed by atoms with Gasteiger partial charge in [0.05, 0.1) is 5.75 Å². The summed E-state index contributed by atoms with van der Waals surface area (Å²) in [6.45, 7) is 0. The Morgan fingerprint density at radius 1 is 0.528 bits per heavy atom. The van der Waals surface area contributed by atoms with E-state index in [2.05, 4.69) is 0 Å². The normalized spacial score (nSPS) is 17.0. The van der Waals surface area contributed by atoms with Crippen LogP contribution >= 0.6 is 0 Å². The number of alkyl halides is 19. The first-order valence-corrected chi connectivity index (χ1v) is 9.14. The number of hydrogen-bond donors (Lipinski definition) is 1. The van der Waals surface area contributed by atoms with Crippen molar-refractivity contribution in [2.45, 2.75) is 53.6 Å². The molecule has 0 bridgehead atoms. The monoisotopic (exact) mass is 608 g/mol. The van der Waals surface area contributed by atoms with E-state index in [0.29, 0.717) is 0 Å². The molecule has 36 heavy (non-hydrogen) atoms. The maximum atomic E-state index is 13.4. The standard InChI is InChI=1S/C12H4F20O3S/c13-3(1-2-36(33,34)35)4(14,15)5(16,17)6(18,19)7(20,21)8(22,23)9(24,25)10(26,27)11(28,29)12(30,31)32/h1H,2H2,(H,33,34,35). The highest BCUT2D eigenvalue weighted by Crippen LogP contribution is 2.65. The molecule has 0 aliphatic rings. The van der Waals surface area contributed by atoms with Crippen LogP contribution in [-0.4, -0.2) is 72.3 Å². The molecule has 0 saturated carbocycles. The molecule has 0 aliphatic heterocycles. The summed E-state index contributed by atoms with van der Waals surface area (Å²) < 4.78 is 289. The third-order valence-electron chi connectivity index (χ3n) is 3.89. The van der Waals surface area contributed by atoms with Crippen molar-refractivity contribution in [2.24, 2.45) is 0 Å². The SMILES string of the molecule is O=S(=O)(O)CC=C(F)C(F)(F)C(F)(F)C(F)(F)C(F)(F)C(F)(F)C(F)(F)C(F)(F)C(F)(F)C(F)(F)F. The fourth-order valence-electron chi connectivity index (χ4n) is 1.82. The van der Waals surface area contributed by atoms with E-state index in [1.807, 2.05) is 0 Å². The number of halogens is 20. The van der Waals surface area contributed by atoms with Crippen LogP contribution < -0.4 is 0 Å². The lowest BCUT2D eigenvalue weighted by Crippen LogP contribution is -2.75. The van der Waals surface area contributed by atoms with Crippen molar-refractivity contribution in [2.75, 3.05) is 5.75 Å². The Labute approximate surface area is 183 Å². The molecule has 0 heterocycles. The van der Waals surface area contributed by atoms with Crippen LogP contribution in [0.5, 0.6) is 0 Å². The highest BCUT2D eigenvalue weighted by atomic mass is 32.2. The summed E-state index contributed by atoms with van der Waals surface area (Å²) in [5.74, 6) is -76.4. The van der Waals surface area contributed by atoms with Gasteiger partial charge >= 0.3 is 53.6 Å². The van der Waals surface area contributed by atoms with E-state index in [1.54, 1.807) is 0 Å². The zero-order valence-electron chi connectivity index (χ0n) is 15.5. The maximum absolute atomic E-state index is 13.4. The van der Waals surface area contributed by atoms with Crippen molar-refractivity contribution >= 4 is 10.1 Å². The second kappa shape index (κ2) is 8.64. The van der Waals surface area contributed by atoms with Crippen molar-refractivity contribution in [3.8, 4) is 0 Å². The minimum absolute atomic E-state index is 1.47. The molecular formula is C12H4F20O3S. The van der Waals surface area contributed by atoms with E-state index in [0.717, 1.165) is 0 Å².